The van der Waals surface area contributed by atoms with Crippen molar-refractivity contribution < 1.29 is 19.4 Å². The zero-order valence-corrected chi connectivity index (χ0v) is 14.0. The summed E-state index contributed by atoms with van der Waals surface area (Å²) in [5.74, 6) is 0.415. The van der Waals surface area contributed by atoms with Crippen molar-refractivity contribution in [3.8, 4) is 11.5 Å². The standard InChI is InChI=1S/C21H20O4/c1-16(22)25-21-14-9-18(10-15-21)8-11-19(23)5-3-2-4-17-6-12-20(24)13-7-17/h2-7,9-10,12-15,24H,8,11H2,1H3/b4-2+,5-3+. The van der Waals surface area contributed by atoms with Gasteiger partial charge in [-0.05, 0) is 47.9 Å². The van der Waals surface area contributed by atoms with Gasteiger partial charge >= 0.3 is 5.97 Å². The maximum atomic E-state index is 11.9. The Morgan fingerprint density at radius 2 is 1.68 bits per heavy atom. The molecule has 0 aromatic heterocycles. The molecular formula is C21H20O4. The highest BCUT2D eigenvalue weighted by Crippen LogP contribution is 2.14. The fraction of sp³-hybridized carbons (Fsp3) is 0.143. The molecule has 0 saturated heterocycles. The Balaban J connectivity index is 1.78. The van der Waals surface area contributed by atoms with Gasteiger partial charge in [-0.25, -0.2) is 0 Å². The molecule has 0 atom stereocenters. The van der Waals surface area contributed by atoms with E-state index in [1.807, 2.05) is 18.2 Å². The van der Waals surface area contributed by atoms with Gasteiger partial charge in [-0.2, -0.15) is 0 Å². The number of ketones is 1. The van der Waals surface area contributed by atoms with Crippen molar-refractivity contribution in [1.29, 1.82) is 0 Å². The lowest BCUT2D eigenvalue weighted by Gasteiger charge is -2.03. The lowest BCUT2D eigenvalue weighted by Crippen LogP contribution is -2.01. The third kappa shape index (κ3) is 6.87. The average molecular weight is 336 g/mol. The van der Waals surface area contributed by atoms with Gasteiger partial charge in [0, 0.05) is 13.3 Å². The second-order valence-electron chi connectivity index (χ2n) is 5.51. The molecule has 0 spiro atoms. The molecule has 128 valence electrons. The monoisotopic (exact) mass is 336 g/mol. The van der Waals surface area contributed by atoms with E-state index in [1.165, 1.54) is 6.92 Å². The van der Waals surface area contributed by atoms with Crippen LogP contribution in [0.2, 0.25) is 0 Å². The first kappa shape index (κ1) is 18.2. The quantitative estimate of drug-likeness (QED) is 0.358. The van der Waals surface area contributed by atoms with E-state index in [2.05, 4.69) is 0 Å². The van der Waals surface area contributed by atoms with Gasteiger partial charge in [0.15, 0.2) is 5.78 Å². The maximum Gasteiger partial charge on any atom is 0.308 e. The van der Waals surface area contributed by atoms with Gasteiger partial charge in [-0.1, -0.05) is 42.5 Å². The van der Waals surface area contributed by atoms with Gasteiger partial charge in [0.25, 0.3) is 0 Å². The smallest absolute Gasteiger partial charge is 0.308 e. The molecule has 25 heavy (non-hydrogen) atoms. The molecule has 0 amide bonds. The van der Waals surface area contributed by atoms with Crippen LogP contribution in [-0.4, -0.2) is 16.9 Å². The summed E-state index contributed by atoms with van der Waals surface area (Å²) < 4.78 is 4.96. The number of ether oxygens (including phenoxy) is 1. The number of benzene rings is 2. The molecule has 0 heterocycles. The first-order chi connectivity index (χ1) is 12.0. The van der Waals surface area contributed by atoms with E-state index < -0.39 is 0 Å². The fourth-order valence-corrected chi connectivity index (χ4v) is 2.16. The number of phenolic OH excluding ortho intramolecular Hbond substituents is 1. The van der Waals surface area contributed by atoms with Gasteiger partial charge in [-0.3, -0.25) is 9.59 Å². The number of phenols is 1. The van der Waals surface area contributed by atoms with Crippen LogP contribution in [0, 0.1) is 0 Å². The molecule has 0 fully saturated rings. The topological polar surface area (TPSA) is 63.6 Å². The third-order valence-corrected chi connectivity index (χ3v) is 3.42. The molecule has 2 rings (SSSR count). The van der Waals surface area contributed by atoms with Crippen LogP contribution in [-0.2, 0) is 16.0 Å². The molecule has 0 aliphatic heterocycles. The fourth-order valence-electron chi connectivity index (χ4n) is 2.16. The number of hydrogen-bond donors (Lipinski definition) is 1. The van der Waals surface area contributed by atoms with Crippen molar-refractivity contribution in [3.63, 3.8) is 0 Å². The summed E-state index contributed by atoms with van der Waals surface area (Å²) in [4.78, 5) is 22.7. The number of allylic oxidation sites excluding steroid dienone is 3. The minimum atomic E-state index is -0.353. The number of aryl methyl sites for hydroxylation is 1. The predicted octanol–water partition coefficient (Wildman–Crippen LogP) is 4.09. The normalized spacial score (nSPS) is 11.1. The van der Waals surface area contributed by atoms with E-state index in [9.17, 15) is 14.7 Å². The lowest BCUT2D eigenvalue weighted by atomic mass is 10.1. The van der Waals surface area contributed by atoms with Crippen LogP contribution in [0.25, 0.3) is 6.08 Å². The summed E-state index contributed by atoms with van der Waals surface area (Å²) in [6, 6.07) is 13.9. The summed E-state index contributed by atoms with van der Waals surface area (Å²) in [7, 11) is 0. The van der Waals surface area contributed by atoms with Gasteiger partial charge in [-0.15, -0.1) is 0 Å². The molecule has 0 radical (unpaired) electrons. The Labute approximate surface area is 147 Å². The minimum absolute atomic E-state index is 0.0411. The van der Waals surface area contributed by atoms with Crippen molar-refractivity contribution in [2.24, 2.45) is 0 Å². The number of rotatable bonds is 7. The first-order valence-corrected chi connectivity index (χ1v) is 7.97. The highest BCUT2D eigenvalue weighted by Gasteiger charge is 2.01. The number of aromatic hydroxyl groups is 1. The van der Waals surface area contributed by atoms with Crippen LogP contribution in [0.1, 0.15) is 24.5 Å². The molecule has 0 aliphatic carbocycles. The summed E-state index contributed by atoms with van der Waals surface area (Å²) >= 11 is 0. The lowest BCUT2D eigenvalue weighted by molar-refractivity contribution is -0.131. The van der Waals surface area contributed by atoms with Crippen molar-refractivity contribution >= 4 is 17.8 Å². The van der Waals surface area contributed by atoms with E-state index in [-0.39, 0.29) is 17.5 Å². The molecule has 4 heteroatoms. The molecule has 2 aromatic rings. The van der Waals surface area contributed by atoms with Crippen molar-refractivity contribution in [2.75, 3.05) is 0 Å². The highest BCUT2D eigenvalue weighted by molar-refractivity contribution is 5.90. The summed E-state index contributed by atoms with van der Waals surface area (Å²) in [6.45, 7) is 1.36. The number of esters is 1. The third-order valence-electron chi connectivity index (χ3n) is 3.42. The Morgan fingerprint density at radius 3 is 2.32 bits per heavy atom. The van der Waals surface area contributed by atoms with E-state index in [0.717, 1.165) is 11.1 Å². The van der Waals surface area contributed by atoms with Crippen LogP contribution in [0.4, 0.5) is 0 Å². The molecule has 4 nitrogen and oxygen atoms in total. The number of carbonyl (C=O) groups excluding carboxylic acids is 2. The average Bonchev–Trinajstić information content (AvgIpc) is 2.59. The molecule has 0 saturated carbocycles. The zero-order valence-electron chi connectivity index (χ0n) is 14.0. The summed E-state index contributed by atoms with van der Waals surface area (Å²) in [5.41, 5.74) is 1.96. The van der Waals surface area contributed by atoms with E-state index in [1.54, 1.807) is 54.6 Å². The summed E-state index contributed by atoms with van der Waals surface area (Å²) in [6.07, 6.45) is 7.94. The van der Waals surface area contributed by atoms with Crippen LogP contribution in [0.5, 0.6) is 11.5 Å². The summed E-state index contributed by atoms with van der Waals surface area (Å²) in [5, 5.41) is 9.20. The Bertz CT molecular complexity index is 769. The molecule has 2 aromatic carbocycles. The van der Waals surface area contributed by atoms with Crippen LogP contribution in [0.15, 0.2) is 66.8 Å². The van der Waals surface area contributed by atoms with Gasteiger partial charge in [0.1, 0.15) is 11.5 Å². The van der Waals surface area contributed by atoms with Crippen molar-refractivity contribution in [3.05, 3.63) is 77.9 Å². The van der Waals surface area contributed by atoms with E-state index >= 15 is 0 Å². The molecule has 0 aliphatic rings. The Morgan fingerprint density at radius 1 is 1.00 bits per heavy atom. The largest absolute Gasteiger partial charge is 0.508 e. The highest BCUT2D eigenvalue weighted by atomic mass is 16.5. The van der Waals surface area contributed by atoms with Crippen LogP contribution in [0.3, 0.4) is 0 Å². The van der Waals surface area contributed by atoms with Gasteiger partial charge in [0.05, 0.1) is 0 Å². The van der Waals surface area contributed by atoms with Gasteiger partial charge in [0.2, 0.25) is 0 Å². The number of carbonyl (C=O) groups is 2. The first-order valence-electron chi connectivity index (χ1n) is 7.97. The molecular weight excluding hydrogens is 316 g/mol. The second-order valence-corrected chi connectivity index (χ2v) is 5.51. The van der Waals surface area contributed by atoms with Crippen LogP contribution < -0.4 is 4.74 Å². The molecule has 1 N–H and O–H groups in total. The van der Waals surface area contributed by atoms with E-state index in [4.69, 9.17) is 4.74 Å². The maximum absolute atomic E-state index is 11.9. The van der Waals surface area contributed by atoms with Gasteiger partial charge < -0.3 is 9.84 Å². The number of hydrogen-bond acceptors (Lipinski definition) is 4. The Kier molecular flexibility index (Phi) is 6.72. The van der Waals surface area contributed by atoms with Crippen LogP contribution >= 0.6 is 0 Å². The van der Waals surface area contributed by atoms with E-state index in [0.29, 0.717) is 18.6 Å². The molecule has 0 bridgehead atoms. The predicted molar refractivity (Wildman–Crippen MR) is 97.4 cm³/mol. The van der Waals surface area contributed by atoms with Crippen molar-refractivity contribution in [1.82, 2.24) is 0 Å². The SMILES string of the molecule is CC(=O)Oc1ccc(CCC(=O)/C=C/C=C/c2ccc(O)cc2)cc1. The zero-order chi connectivity index (χ0) is 18.1. The Hall–Kier alpha value is -3.14. The second kappa shape index (κ2) is 9.23. The molecule has 0 unspecified atom stereocenters. The minimum Gasteiger partial charge on any atom is -0.508 e. The van der Waals surface area contributed by atoms with Crippen molar-refractivity contribution in [2.45, 2.75) is 19.8 Å².